The molecule has 0 aliphatic heterocycles. The topological polar surface area (TPSA) is 76.2 Å². The summed E-state index contributed by atoms with van der Waals surface area (Å²) in [6.45, 7) is 2.11. The molecule has 4 heteroatoms. The summed E-state index contributed by atoms with van der Waals surface area (Å²) >= 11 is 0. The molecule has 0 saturated heterocycles. The van der Waals surface area contributed by atoms with Crippen LogP contribution in [-0.4, -0.2) is 22.1 Å². The van der Waals surface area contributed by atoms with Crippen LogP contribution in [0.4, 0.5) is 0 Å². The van der Waals surface area contributed by atoms with Crippen LogP contribution in [0, 0.1) is 5.92 Å². The standard InChI is InChI=1S/C15H22N2O2/c1-2-3-6-14(16)8-7-13(15(18)19)10-12-5-4-9-17-11-12/h4-5,7-9,11,13-14H,2-3,6,10,16H2,1H3,(H,18,19). The van der Waals surface area contributed by atoms with Gasteiger partial charge in [0.15, 0.2) is 0 Å². The Balaban J connectivity index is 2.58. The number of hydrogen-bond acceptors (Lipinski definition) is 3. The fourth-order valence-electron chi connectivity index (χ4n) is 1.82. The molecule has 2 atom stereocenters. The van der Waals surface area contributed by atoms with Crippen molar-refractivity contribution >= 4 is 5.97 Å². The van der Waals surface area contributed by atoms with Crippen LogP contribution < -0.4 is 5.73 Å². The molecule has 0 bridgehead atoms. The molecule has 1 aromatic heterocycles. The van der Waals surface area contributed by atoms with Crippen molar-refractivity contribution in [2.24, 2.45) is 11.7 Å². The number of aliphatic carboxylic acids is 1. The second-order valence-corrected chi connectivity index (χ2v) is 4.70. The fraction of sp³-hybridized carbons (Fsp3) is 0.467. The van der Waals surface area contributed by atoms with Crippen molar-refractivity contribution in [2.75, 3.05) is 0 Å². The number of carboxylic acids is 1. The summed E-state index contributed by atoms with van der Waals surface area (Å²) in [5.74, 6) is -1.38. The third-order valence-electron chi connectivity index (χ3n) is 2.98. The lowest BCUT2D eigenvalue weighted by molar-refractivity contribution is -0.140. The molecule has 1 aromatic rings. The minimum Gasteiger partial charge on any atom is -0.481 e. The molecule has 4 nitrogen and oxygen atoms in total. The summed E-state index contributed by atoms with van der Waals surface area (Å²) in [5.41, 5.74) is 6.83. The second kappa shape index (κ2) is 8.43. The Morgan fingerprint density at radius 1 is 1.53 bits per heavy atom. The lowest BCUT2D eigenvalue weighted by atomic mass is 9.98. The van der Waals surface area contributed by atoms with Crippen molar-refractivity contribution in [3.63, 3.8) is 0 Å². The number of unbranched alkanes of at least 4 members (excludes halogenated alkanes) is 1. The Kier molecular flexibility index (Phi) is 6.82. The molecule has 0 amide bonds. The molecule has 0 aliphatic rings. The van der Waals surface area contributed by atoms with Crippen LogP contribution in [-0.2, 0) is 11.2 Å². The Bertz CT molecular complexity index is 404. The zero-order valence-corrected chi connectivity index (χ0v) is 11.3. The van der Waals surface area contributed by atoms with Gasteiger partial charge in [0.05, 0.1) is 5.92 Å². The molecule has 0 spiro atoms. The lowest BCUT2D eigenvalue weighted by Gasteiger charge is -2.09. The Morgan fingerprint density at radius 2 is 2.32 bits per heavy atom. The number of nitrogens with zero attached hydrogens (tertiary/aromatic N) is 1. The van der Waals surface area contributed by atoms with Crippen LogP contribution in [0.3, 0.4) is 0 Å². The van der Waals surface area contributed by atoms with Gasteiger partial charge in [-0.25, -0.2) is 0 Å². The first-order valence-corrected chi connectivity index (χ1v) is 6.69. The molecular formula is C15H22N2O2. The monoisotopic (exact) mass is 262 g/mol. The molecule has 1 rings (SSSR count). The van der Waals surface area contributed by atoms with E-state index >= 15 is 0 Å². The van der Waals surface area contributed by atoms with Gasteiger partial charge in [0.25, 0.3) is 0 Å². The summed E-state index contributed by atoms with van der Waals surface area (Å²) in [5, 5.41) is 9.21. The van der Waals surface area contributed by atoms with E-state index in [-0.39, 0.29) is 6.04 Å². The SMILES string of the molecule is CCCCC(N)C=CC(Cc1cccnc1)C(=O)O. The molecule has 104 valence electrons. The Morgan fingerprint density at radius 3 is 2.89 bits per heavy atom. The van der Waals surface area contributed by atoms with Gasteiger partial charge in [0.2, 0.25) is 0 Å². The number of aromatic nitrogens is 1. The maximum atomic E-state index is 11.2. The minimum atomic E-state index is -0.831. The number of nitrogens with two attached hydrogens (primary N) is 1. The predicted molar refractivity (Wildman–Crippen MR) is 75.7 cm³/mol. The number of pyridine rings is 1. The first-order valence-electron chi connectivity index (χ1n) is 6.69. The van der Waals surface area contributed by atoms with Crippen LogP contribution in [0.2, 0.25) is 0 Å². The molecule has 0 aliphatic carbocycles. The largest absolute Gasteiger partial charge is 0.481 e. The van der Waals surface area contributed by atoms with E-state index in [1.165, 1.54) is 0 Å². The van der Waals surface area contributed by atoms with Crippen molar-refractivity contribution in [1.29, 1.82) is 0 Å². The van der Waals surface area contributed by atoms with E-state index in [1.54, 1.807) is 18.5 Å². The van der Waals surface area contributed by atoms with Gasteiger partial charge in [-0.05, 0) is 24.5 Å². The van der Waals surface area contributed by atoms with Crippen LogP contribution in [0.1, 0.15) is 31.7 Å². The van der Waals surface area contributed by atoms with E-state index in [0.717, 1.165) is 24.8 Å². The summed E-state index contributed by atoms with van der Waals surface area (Å²) < 4.78 is 0. The number of carbonyl (C=O) groups is 1. The highest BCUT2D eigenvalue weighted by molar-refractivity contribution is 5.72. The van der Waals surface area contributed by atoms with Gasteiger partial charge >= 0.3 is 5.97 Å². The average Bonchev–Trinajstić information content (AvgIpc) is 2.41. The highest BCUT2D eigenvalue weighted by atomic mass is 16.4. The smallest absolute Gasteiger partial charge is 0.310 e. The second-order valence-electron chi connectivity index (χ2n) is 4.70. The molecule has 1 heterocycles. The van der Waals surface area contributed by atoms with E-state index in [2.05, 4.69) is 11.9 Å². The highest BCUT2D eigenvalue weighted by Crippen LogP contribution is 2.11. The first-order chi connectivity index (χ1) is 9.13. The fourth-order valence-corrected chi connectivity index (χ4v) is 1.82. The Labute approximate surface area is 114 Å². The molecule has 0 aromatic carbocycles. The van der Waals surface area contributed by atoms with Gasteiger partial charge in [0, 0.05) is 18.4 Å². The number of rotatable bonds is 8. The van der Waals surface area contributed by atoms with Gasteiger partial charge in [-0.3, -0.25) is 9.78 Å². The van der Waals surface area contributed by atoms with Crippen molar-refractivity contribution in [1.82, 2.24) is 4.98 Å². The van der Waals surface area contributed by atoms with Gasteiger partial charge in [-0.2, -0.15) is 0 Å². The van der Waals surface area contributed by atoms with E-state index in [0.29, 0.717) is 6.42 Å². The predicted octanol–water partition coefficient (Wildman–Crippen LogP) is 2.40. The molecule has 3 N–H and O–H groups in total. The van der Waals surface area contributed by atoms with Crippen molar-refractivity contribution in [2.45, 2.75) is 38.6 Å². The van der Waals surface area contributed by atoms with Crippen LogP contribution in [0.5, 0.6) is 0 Å². The lowest BCUT2D eigenvalue weighted by Crippen LogP contribution is -2.19. The summed E-state index contributed by atoms with van der Waals surface area (Å²) in [6, 6.07) is 3.63. The molecule has 2 unspecified atom stereocenters. The normalized spacial score (nSPS) is 14.4. The van der Waals surface area contributed by atoms with E-state index < -0.39 is 11.9 Å². The average molecular weight is 262 g/mol. The maximum absolute atomic E-state index is 11.2. The molecular weight excluding hydrogens is 240 g/mol. The van der Waals surface area contributed by atoms with Gasteiger partial charge < -0.3 is 10.8 Å². The van der Waals surface area contributed by atoms with Gasteiger partial charge in [-0.1, -0.05) is 38.0 Å². The highest BCUT2D eigenvalue weighted by Gasteiger charge is 2.15. The van der Waals surface area contributed by atoms with Crippen molar-refractivity contribution in [3.05, 3.63) is 42.2 Å². The van der Waals surface area contributed by atoms with E-state index in [4.69, 9.17) is 5.73 Å². The summed E-state index contributed by atoms with van der Waals surface area (Å²) in [4.78, 5) is 15.2. The van der Waals surface area contributed by atoms with Gasteiger partial charge in [-0.15, -0.1) is 0 Å². The quantitative estimate of drug-likeness (QED) is 0.705. The first kappa shape index (κ1) is 15.4. The minimum absolute atomic E-state index is 0.0595. The molecule has 19 heavy (non-hydrogen) atoms. The maximum Gasteiger partial charge on any atom is 0.310 e. The third-order valence-corrected chi connectivity index (χ3v) is 2.98. The zero-order chi connectivity index (χ0) is 14.1. The van der Waals surface area contributed by atoms with Crippen LogP contribution in [0.25, 0.3) is 0 Å². The number of carboxylic acid groups (broad SMARTS) is 1. The van der Waals surface area contributed by atoms with E-state index in [1.807, 2.05) is 18.2 Å². The van der Waals surface area contributed by atoms with Crippen LogP contribution in [0.15, 0.2) is 36.7 Å². The third kappa shape index (κ3) is 6.15. The summed E-state index contributed by atoms with van der Waals surface area (Å²) in [6.07, 6.45) is 10.4. The van der Waals surface area contributed by atoms with Crippen molar-refractivity contribution in [3.8, 4) is 0 Å². The molecule has 0 radical (unpaired) electrons. The number of hydrogen-bond donors (Lipinski definition) is 2. The van der Waals surface area contributed by atoms with E-state index in [9.17, 15) is 9.90 Å². The van der Waals surface area contributed by atoms with Gasteiger partial charge in [0.1, 0.15) is 0 Å². The Hall–Kier alpha value is -1.68. The molecule has 0 saturated carbocycles. The van der Waals surface area contributed by atoms with Crippen LogP contribution >= 0.6 is 0 Å². The molecule has 0 fully saturated rings. The zero-order valence-electron chi connectivity index (χ0n) is 11.3. The summed E-state index contributed by atoms with van der Waals surface area (Å²) in [7, 11) is 0. The van der Waals surface area contributed by atoms with Crippen molar-refractivity contribution < 1.29 is 9.90 Å².